The van der Waals surface area contributed by atoms with Crippen molar-refractivity contribution in [2.24, 2.45) is 0 Å². The molecule has 0 fully saturated rings. The van der Waals surface area contributed by atoms with E-state index in [9.17, 15) is 23.5 Å². The van der Waals surface area contributed by atoms with Crippen molar-refractivity contribution >= 4 is 17.5 Å². The molecule has 0 heterocycles. The van der Waals surface area contributed by atoms with Crippen molar-refractivity contribution in [1.82, 2.24) is 10.6 Å². The lowest BCUT2D eigenvalue weighted by molar-refractivity contribution is -0.114. The number of anilines is 1. The summed E-state index contributed by atoms with van der Waals surface area (Å²) in [5.74, 6) is -2.15. The molecule has 3 rings (SSSR count). The Balaban J connectivity index is 1.70. The third-order valence-electron chi connectivity index (χ3n) is 5.71. The molecule has 8 heteroatoms. The number of hydrogen-bond acceptors (Lipinski definition) is 4. The molecular weight excluding hydrogens is 464 g/mol. The van der Waals surface area contributed by atoms with E-state index < -0.39 is 29.7 Å². The predicted molar refractivity (Wildman–Crippen MR) is 136 cm³/mol. The molecule has 2 amide bonds. The minimum absolute atomic E-state index is 0.0264. The van der Waals surface area contributed by atoms with Gasteiger partial charge in [0.15, 0.2) is 0 Å². The molecule has 0 saturated heterocycles. The number of rotatable bonds is 11. The summed E-state index contributed by atoms with van der Waals surface area (Å²) in [6, 6.07) is 16.7. The Morgan fingerprint density at radius 2 is 1.58 bits per heavy atom. The molecule has 0 aromatic heterocycles. The van der Waals surface area contributed by atoms with Crippen LogP contribution >= 0.6 is 0 Å². The fourth-order valence-electron chi connectivity index (χ4n) is 3.89. The van der Waals surface area contributed by atoms with E-state index in [1.54, 1.807) is 24.3 Å². The number of benzene rings is 3. The quantitative estimate of drug-likeness (QED) is 0.324. The lowest BCUT2D eigenvalue weighted by Crippen LogP contribution is -2.48. The van der Waals surface area contributed by atoms with Crippen LogP contribution < -0.4 is 16.0 Å². The first-order valence-corrected chi connectivity index (χ1v) is 11.8. The third-order valence-corrected chi connectivity index (χ3v) is 5.71. The predicted octanol–water partition coefficient (Wildman–Crippen LogP) is 3.98. The number of aryl methyl sites for hydroxylation is 1. The summed E-state index contributed by atoms with van der Waals surface area (Å²) in [6.45, 7) is 4.13. The molecule has 0 aliphatic rings. The van der Waals surface area contributed by atoms with E-state index in [4.69, 9.17) is 0 Å². The first-order chi connectivity index (χ1) is 17.2. The van der Waals surface area contributed by atoms with Gasteiger partial charge in [-0.3, -0.25) is 9.59 Å². The molecule has 4 N–H and O–H groups in total. The molecule has 0 aliphatic heterocycles. The third kappa shape index (κ3) is 8.25. The zero-order chi connectivity index (χ0) is 26.1. The Morgan fingerprint density at radius 1 is 0.917 bits per heavy atom. The summed E-state index contributed by atoms with van der Waals surface area (Å²) in [5.41, 5.74) is 3.44. The van der Waals surface area contributed by atoms with Gasteiger partial charge in [-0.1, -0.05) is 31.2 Å². The van der Waals surface area contributed by atoms with Crippen LogP contribution in [0.15, 0.2) is 66.7 Å². The fourth-order valence-corrected chi connectivity index (χ4v) is 3.89. The van der Waals surface area contributed by atoms with Gasteiger partial charge in [0.25, 0.3) is 5.91 Å². The molecule has 6 nitrogen and oxygen atoms in total. The van der Waals surface area contributed by atoms with Crippen molar-refractivity contribution < 1.29 is 23.5 Å². The van der Waals surface area contributed by atoms with Crippen LogP contribution in [-0.4, -0.2) is 35.6 Å². The highest BCUT2D eigenvalue weighted by Gasteiger charge is 2.23. The van der Waals surface area contributed by atoms with Crippen molar-refractivity contribution in [1.29, 1.82) is 0 Å². The van der Waals surface area contributed by atoms with E-state index >= 15 is 0 Å². The SMILES string of the molecule is CCc1cccc(CNC[C@@H](O)C(Cc2cc(F)cc(F)c2)NC(=O)c2ccc(NC(C)=O)cc2)c1. The van der Waals surface area contributed by atoms with Crippen LogP contribution in [0.5, 0.6) is 0 Å². The van der Waals surface area contributed by atoms with Crippen LogP contribution in [0.3, 0.4) is 0 Å². The number of nitrogens with one attached hydrogen (secondary N) is 3. The number of halogens is 2. The van der Waals surface area contributed by atoms with Crippen molar-refractivity contribution in [2.45, 2.75) is 45.4 Å². The lowest BCUT2D eigenvalue weighted by atomic mass is 10.00. The van der Waals surface area contributed by atoms with E-state index in [0.29, 0.717) is 23.4 Å². The van der Waals surface area contributed by atoms with Gasteiger partial charge < -0.3 is 21.1 Å². The summed E-state index contributed by atoms with van der Waals surface area (Å²) >= 11 is 0. The van der Waals surface area contributed by atoms with Gasteiger partial charge in [0, 0.05) is 37.3 Å². The standard InChI is InChI=1S/C28H31F2N3O3/c1-3-19-5-4-6-20(11-19)16-31-17-27(35)26(14-21-12-23(29)15-24(30)13-21)33-28(36)22-7-9-25(10-8-22)32-18(2)34/h4-13,15,26-27,31,35H,3,14,16-17H2,1-2H3,(H,32,34)(H,33,36)/t26?,27-/m1/s1. The Morgan fingerprint density at radius 3 is 2.22 bits per heavy atom. The molecule has 3 aromatic rings. The van der Waals surface area contributed by atoms with Crippen LogP contribution in [-0.2, 0) is 24.2 Å². The molecule has 190 valence electrons. The van der Waals surface area contributed by atoms with E-state index in [2.05, 4.69) is 28.9 Å². The highest BCUT2D eigenvalue weighted by molar-refractivity contribution is 5.95. The first kappa shape index (κ1) is 27.0. The number of amides is 2. The van der Waals surface area contributed by atoms with Gasteiger partial charge >= 0.3 is 0 Å². The second-order valence-electron chi connectivity index (χ2n) is 8.69. The van der Waals surface area contributed by atoms with Gasteiger partial charge in [0.1, 0.15) is 11.6 Å². The maximum Gasteiger partial charge on any atom is 0.251 e. The first-order valence-electron chi connectivity index (χ1n) is 11.8. The molecule has 3 aromatic carbocycles. The van der Waals surface area contributed by atoms with Gasteiger partial charge in [-0.2, -0.15) is 0 Å². The van der Waals surface area contributed by atoms with Crippen molar-refractivity contribution in [3.63, 3.8) is 0 Å². The second kappa shape index (κ2) is 12.9. The minimum atomic E-state index is -1.03. The van der Waals surface area contributed by atoms with Crippen molar-refractivity contribution in [3.05, 3.63) is 101 Å². The average Bonchev–Trinajstić information content (AvgIpc) is 2.83. The van der Waals surface area contributed by atoms with Crippen LogP contribution in [0, 0.1) is 11.6 Å². The van der Waals surface area contributed by atoms with Crippen LogP contribution in [0.4, 0.5) is 14.5 Å². The highest BCUT2D eigenvalue weighted by atomic mass is 19.1. The summed E-state index contributed by atoms with van der Waals surface area (Å²) in [6.07, 6.45) is -0.0904. The molecule has 36 heavy (non-hydrogen) atoms. The molecule has 0 saturated carbocycles. The number of carbonyl (C=O) groups excluding carboxylic acids is 2. The van der Waals surface area contributed by atoms with Crippen molar-refractivity contribution in [2.75, 3.05) is 11.9 Å². The summed E-state index contributed by atoms with van der Waals surface area (Å²) in [7, 11) is 0. The lowest BCUT2D eigenvalue weighted by Gasteiger charge is -2.25. The van der Waals surface area contributed by atoms with Crippen LogP contribution in [0.2, 0.25) is 0 Å². The Bertz CT molecular complexity index is 1160. The second-order valence-corrected chi connectivity index (χ2v) is 8.69. The van der Waals surface area contributed by atoms with Gasteiger partial charge in [-0.05, 0) is 65.9 Å². The van der Waals surface area contributed by atoms with Gasteiger partial charge in [0.05, 0.1) is 12.1 Å². The maximum absolute atomic E-state index is 13.8. The molecule has 0 spiro atoms. The monoisotopic (exact) mass is 495 g/mol. The summed E-state index contributed by atoms with van der Waals surface area (Å²) < 4.78 is 27.5. The van der Waals surface area contributed by atoms with Gasteiger partial charge in [-0.25, -0.2) is 8.78 Å². The van der Waals surface area contributed by atoms with Crippen LogP contribution in [0.1, 0.15) is 40.9 Å². The van der Waals surface area contributed by atoms with Gasteiger partial charge in [0.2, 0.25) is 5.91 Å². The molecule has 0 aliphatic carbocycles. The Kier molecular flexibility index (Phi) is 9.67. The highest BCUT2D eigenvalue weighted by Crippen LogP contribution is 2.14. The van der Waals surface area contributed by atoms with Crippen molar-refractivity contribution in [3.8, 4) is 0 Å². The Labute approximate surface area is 209 Å². The zero-order valence-electron chi connectivity index (χ0n) is 20.4. The normalized spacial score (nSPS) is 12.6. The topological polar surface area (TPSA) is 90.5 Å². The largest absolute Gasteiger partial charge is 0.390 e. The average molecular weight is 496 g/mol. The molecule has 0 radical (unpaired) electrons. The fraction of sp³-hybridized carbons (Fsp3) is 0.286. The number of carbonyl (C=O) groups is 2. The smallest absolute Gasteiger partial charge is 0.251 e. The van der Waals surface area contributed by atoms with E-state index in [1.165, 1.54) is 24.6 Å². The summed E-state index contributed by atoms with van der Waals surface area (Å²) in [4.78, 5) is 24.1. The Hall–Kier alpha value is -3.62. The molecule has 1 unspecified atom stereocenters. The minimum Gasteiger partial charge on any atom is -0.390 e. The molecule has 2 atom stereocenters. The molecule has 0 bridgehead atoms. The summed E-state index contributed by atoms with van der Waals surface area (Å²) in [5, 5.41) is 19.5. The van der Waals surface area contributed by atoms with E-state index in [0.717, 1.165) is 18.1 Å². The number of hydrogen-bond donors (Lipinski definition) is 4. The number of aliphatic hydroxyl groups is 1. The van der Waals surface area contributed by atoms with Crippen LogP contribution in [0.25, 0.3) is 0 Å². The number of aliphatic hydroxyl groups excluding tert-OH is 1. The van der Waals surface area contributed by atoms with Gasteiger partial charge in [-0.15, -0.1) is 0 Å². The zero-order valence-corrected chi connectivity index (χ0v) is 20.4. The van der Waals surface area contributed by atoms with E-state index in [-0.39, 0.29) is 18.9 Å². The molecular formula is C28H31F2N3O3. The maximum atomic E-state index is 13.8. The van der Waals surface area contributed by atoms with E-state index in [1.807, 2.05) is 18.2 Å².